The Bertz CT molecular complexity index is 1440. The first kappa shape index (κ1) is 19.5. The molecule has 0 aliphatic carbocycles. The van der Waals surface area contributed by atoms with E-state index in [9.17, 15) is 4.79 Å². The van der Waals surface area contributed by atoms with Crippen molar-refractivity contribution in [1.29, 1.82) is 0 Å². The van der Waals surface area contributed by atoms with Crippen LogP contribution in [-0.2, 0) is 0 Å². The van der Waals surface area contributed by atoms with E-state index in [4.69, 9.17) is 8.83 Å². The molecule has 0 aliphatic heterocycles. The zero-order chi connectivity index (χ0) is 20.9. The van der Waals surface area contributed by atoms with Crippen LogP contribution in [0.3, 0.4) is 0 Å². The molecule has 6 rings (SSSR count). The molecule has 0 fully saturated rings. The third-order valence-corrected chi connectivity index (χ3v) is 4.81. The molecule has 0 N–H and O–H groups in total. The fraction of sp³-hybridized carbons (Fsp3) is 0.0741. The fourth-order valence-electron chi connectivity index (χ4n) is 3.50. The van der Waals surface area contributed by atoms with Gasteiger partial charge in [0, 0.05) is 16.2 Å². The van der Waals surface area contributed by atoms with Crippen LogP contribution in [0.2, 0.25) is 0 Å². The maximum absolute atomic E-state index is 11.6. The minimum absolute atomic E-state index is 0.274. The van der Waals surface area contributed by atoms with Crippen LogP contribution in [0.25, 0.3) is 43.7 Å². The number of benzene rings is 4. The molecule has 0 bridgehead atoms. The molecule has 0 aliphatic rings. The Morgan fingerprint density at radius 1 is 0.433 bits per heavy atom. The van der Waals surface area contributed by atoms with Crippen molar-refractivity contribution in [3.63, 3.8) is 0 Å². The first-order chi connectivity index (χ1) is 14.8. The molecule has 0 saturated carbocycles. The minimum atomic E-state index is -0.274. The molecule has 0 unspecified atom stereocenters. The summed E-state index contributed by atoms with van der Waals surface area (Å²) in [6.45, 7) is 4.00. The molecule has 6 aromatic rings. The molecule has 0 atom stereocenters. The molecule has 148 valence electrons. The Labute approximate surface area is 174 Å². The van der Waals surface area contributed by atoms with Gasteiger partial charge in [-0.1, -0.05) is 86.6 Å². The van der Waals surface area contributed by atoms with Crippen LogP contribution in [0.5, 0.6) is 0 Å². The van der Waals surface area contributed by atoms with Crippen LogP contribution in [0, 0.1) is 0 Å². The van der Waals surface area contributed by atoms with Crippen molar-refractivity contribution in [2.75, 3.05) is 0 Å². The summed E-state index contributed by atoms with van der Waals surface area (Å²) in [5.74, 6) is 0. The molecule has 30 heavy (non-hydrogen) atoms. The van der Waals surface area contributed by atoms with E-state index in [2.05, 4.69) is 12.1 Å². The summed E-state index contributed by atoms with van der Waals surface area (Å²) in [5, 5.41) is 4.95. The van der Waals surface area contributed by atoms with Crippen molar-refractivity contribution in [1.82, 2.24) is 0 Å². The average molecular weight is 394 g/mol. The monoisotopic (exact) mass is 394 g/mol. The molecule has 0 spiro atoms. The van der Waals surface area contributed by atoms with Crippen LogP contribution in [0.15, 0.2) is 111 Å². The first-order valence-electron chi connectivity index (χ1n) is 10.1. The molecular formula is C27H22O3. The van der Waals surface area contributed by atoms with Crippen molar-refractivity contribution < 1.29 is 8.83 Å². The van der Waals surface area contributed by atoms with Gasteiger partial charge in [0.1, 0.15) is 16.7 Å². The standard InChI is InChI=1S/C13H8O2.C12H8O.C2H6/c14-13-11-7-2-1-5-9(11)10-6-3-4-8-12(10)15-13;1-3-7-11-9(5-1)10-6-2-4-8-12(10)13-11;1-2/h1-8H;1-8H;1-2H3. The van der Waals surface area contributed by atoms with E-state index < -0.39 is 0 Å². The SMILES string of the molecule is CC.O=c1oc2ccccc2c2ccccc12.c1ccc2c(c1)oc1ccccc12. The van der Waals surface area contributed by atoms with Crippen molar-refractivity contribution in [2.45, 2.75) is 13.8 Å². The van der Waals surface area contributed by atoms with E-state index in [0.29, 0.717) is 11.0 Å². The van der Waals surface area contributed by atoms with Gasteiger partial charge < -0.3 is 8.83 Å². The van der Waals surface area contributed by atoms with Crippen LogP contribution in [0.4, 0.5) is 0 Å². The number of rotatable bonds is 0. The van der Waals surface area contributed by atoms with Gasteiger partial charge in [-0.2, -0.15) is 0 Å². The molecule has 2 aromatic heterocycles. The van der Waals surface area contributed by atoms with E-state index in [1.165, 1.54) is 10.8 Å². The van der Waals surface area contributed by atoms with Crippen molar-refractivity contribution in [3.8, 4) is 0 Å². The van der Waals surface area contributed by atoms with Crippen LogP contribution >= 0.6 is 0 Å². The summed E-state index contributed by atoms with van der Waals surface area (Å²) in [7, 11) is 0. The predicted octanol–water partition coefficient (Wildman–Crippen LogP) is 7.56. The normalized spacial score (nSPS) is 10.5. The molecule has 0 radical (unpaired) electrons. The van der Waals surface area contributed by atoms with Gasteiger partial charge in [0.2, 0.25) is 0 Å². The average Bonchev–Trinajstić information content (AvgIpc) is 3.20. The molecular weight excluding hydrogens is 372 g/mol. The van der Waals surface area contributed by atoms with Gasteiger partial charge in [0.25, 0.3) is 0 Å². The Hall–Kier alpha value is -3.85. The third kappa shape index (κ3) is 3.58. The van der Waals surface area contributed by atoms with Gasteiger partial charge in [0.05, 0.1) is 5.39 Å². The highest BCUT2D eigenvalue weighted by atomic mass is 16.4. The number of fused-ring (bicyclic) bond motifs is 6. The smallest absolute Gasteiger partial charge is 0.344 e. The number of furan rings is 1. The van der Waals surface area contributed by atoms with Gasteiger partial charge >= 0.3 is 5.63 Å². The topological polar surface area (TPSA) is 43.4 Å². The second-order valence-corrected chi connectivity index (χ2v) is 6.53. The highest BCUT2D eigenvalue weighted by Gasteiger charge is 2.05. The molecule has 3 nitrogen and oxygen atoms in total. The highest BCUT2D eigenvalue weighted by molar-refractivity contribution is 6.05. The lowest BCUT2D eigenvalue weighted by molar-refractivity contribution is 0.569. The first-order valence-corrected chi connectivity index (χ1v) is 10.1. The van der Waals surface area contributed by atoms with E-state index >= 15 is 0 Å². The number of hydrogen-bond acceptors (Lipinski definition) is 3. The summed E-state index contributed by atoms with van der Waals surface area (Å²) in [5.41, 5.74) is 2.29. The zero-order valence-corrected chi connectivity index (χ0v) is 17.0. The van der Waals surface area contributed by atoms with E-state index in [-0.39, 0.29) is 5.63 Å². The zero-order valence-electron chi connectivity index (χ0n) is 17.0. The van der Waals surface area contributed by atoms with Gasteiger partial charge in [-0.25, -0.2) is 4.79 Å². The molecule has 0 amide bonds. The largest absolute Gasteiger partial charge is 0.456 e. The second-order valence-electron chi connectivity index (χ2n) is 6.53. The van der Waals surface area contributed by atoms with Gasteiger partial charge in [-0.05, 0) is 29.7 Å². The lowest BCUT2D eigenvalue weighted by Crippen LogP contribution is -1.98. The lowest BCUT2D eigenvalue weighted by atomic mass is 10.1. The fourth-order valence-corrected chi connectivity index (χ4v) is 3.50. The van der Waals surface area contributed by atoms with Gasteiger partial charge in [-0.3, -0.25) is 0 Å². The maximum atomic E-state index is 11.6. The van der Waals surface area contributed by atoms with Crippen molar-refractivity contribution in [2.24, 2.45) is 0 Å². The Morgan fingerprint density at radius 3 is 1.27 bits per heavy atom. The Morgan fingerprint density at radius 2 is 0.767 bits per heavy atom. The highest BCUT2D eigenvalue weighted by Crippen LogP contribution is 2.27. The van der Waals surface area contributed by atoms with Crippen molar-refractivity contribution in [3.05, 3.63) is 107 Å². The molecule has 0 saturated heterocycles. The molecule has 3 heteroatoms. The summed E-state index contributed by atoms with van der Waals surface area (Å²) in [6, 6.07) is 31.3. The summed E-state index contributed by atoms with van der Waals surface area (Å²) in [4.78, 5) is 11.6. The lowest BCUT2D eigenvalue weighted by Gasteiger charge is -2.00. The van der Waals surface area contributed by atoms with Gasteiger partial charge in [0.15, 0.2) is 0 Å². The third-order valence-electron chi connectivity index (χ3n) is 4.81. The van der Waals surface area contributed by atoms with E-state index in [1.807, 2.05) is 92.7 Å². The summed E-state index contributed by atoms with van der Waals surface area (Å²) >= 11 is 0. The molecule has 4 aromatic carbocycles. The quantitative estimate of drug-likeness (QED) is 0.197. The maximum Gasteiger partial charge on any atom is 0.344 e. The number of para-hydroxylation sites is 3. The summed E-state index contributed by atoms with van der Waals surface area (Å²) < 4.78 is 10.9. The summed E-state index contributed by atoms with van der Waals surface area (Å²) in [6.07, 6.45) is 0. The van der Waals surface area contributed by atoms with Crippen LogP contribution < -0.4 is 5.63 Å². The Balaban J connectivity index is 0.000000135. The number of hydrogen-bond donors (Lipinski definition) is 0. The van der Waals surface area contributed by atoms with Crippen LogP contribution in [-0.4, -0.2) is 0 Å². The van der Waals surface area contributed by atoms with Gasteiger partial charge in [-0.15, -0.1) is 0 Å². The van der Waals surface area contributed by atoms with Crippen molar-refractivity contribution >= 4 is 43.7 Å². The van der Waals surface area contributed by atoms with E-state index in [0.717, 1.165) is 21.9 Å². The second kappa shape index (κ2) is 8.66. The minimum Gasteiger partial charge on any atom is -0.456 e. The van der Waals surface area contributed by atoms with Crippen LogP contribution in [0.1, 0.15) is 13.8 Å². The Kier molecular flexibility index (Phi) is 5.62. The molecule has 2 heterocycles. The van der Waals surface area contributed by atoms with E-state index in [1.54, 1.807) is 6.07 Å². The predicted molar refractivity (Wildman–Crippen MR) is 125 cm³/mol.